The van der Waals surface area contributed by atoms with Gasteiger partial charge in [-0.25, -0.2) is 0 Å². The highest BCUT2D eigenvalue weighted by atomic mass is 16.1. The Morgan fingerprint density at radius 2 is 2.00 bits per heavy atom. The molecule has 1 aromatic rings. The molecule has 1 aromatic carbocycles. The van der Waals surface area contributed by atoms with Crippen molar-refractivity contribution < 1.29 is 4.79 Å². The number of anilines is 2. The molecule has 0 radical (unpaired) electrons. The van der Waals surface area contributed by atoms with Crippen LogP contribution in [0.4, 0.5) is 11.4 Å². The van der Waals surface area contributed by atoms with Crippen LogP contribution in [0.1, 0.15) is 25.7 Å². The molecule has 1 fully saturated rings. The van der Waals surface area contributed by atoms with Gasteiger partial charge in [0.1, 0.15) is 0 Å². The lowest BCUT2D eigenvalue weighted by Gasteiger charge is -2.20. The van der Waals surface area contributed by atoms with E-state index in [0.717, 1.165) is 31.6 Å². The summed E-state index contributed by atoms with van der Waals surface area (Å²) in [6, 6.07) is 7.27. The SMILES string of the molecule is Nc1ccc(NC(=O)C2CCCCCNC2)cc1. The first-order chi connectivity index (χ1) is 8.75. The summed E-state index contributed by atoms with van der Waals surface area (Å²) in [6.45, 7) is 1.80. The third-order valence-corrected chi connectivity index (χ3v) is 3.35. The van der Waals surface area contributed by atoms with Gasteiger partial charge in [-0.05, 0) is 43.7 Å². The van der Waals surface area contributed by atoms with Gasteiger partial charge in [-0.1, -0.05) is 12.8 Å². The second-order valence-corrected chi connectivity index (χ2v) is 4.86. The van der Waals surface area contributed by atoms with Gasteiger partial charge in [0.15, 0.2) is 0 Å². The van der Waals surface area contributed by atoms with E-state index in [4.69, 9.17) is 5.73 Å². The Morgan fingerprint density at radius 1 is 1.22 bits per heavy atom. The Bertz CT molecular complexity index is 381. The standard InChI is InChI=1S/C14H21N3O/c15-12-5-7-13(8-6-12)17-14(18)11-4-2-1-3-9-16-10-11/h5-8,11,16H,1-4,9-10,15H2,(H,17,18). The lowest BCUT2D eigenvalue weighted by Crippen LogP contribution is -2.34. The number of rotatable bonds is 2. The second kappa shape index (κ2) is 6.40. The van der Waals surface area contributed by atoms with Gasteiger partial charge < -0.3 is 16.4 Å². The Morgan fingerprint density at radius 3 is 2.78 bits per heavy atom. The van der Waals surface area contributed by atoms with Gasteiger partial charge in [-0.15, -0.1) is 0 Å². The summed E-state index contributed by atoms with van der Waals surface area (Å²) in [5.41, 5.74) is 7.14. The minimum Gasteiger partial charge on any atom is -0.399 e. The lowest BCUT2D eigenvalue weighted by molar-refractivity contribution is -0.120. The van der Waals surface area contributed by atoms with Crippen LogP contribution in [0, 0.1) is 5.92 Å². The molecule has 0 spiro atoms. The van der Waals surface area contributed by atoms with E-state index in [-0.39, 0.29) is 11.8 Å². The van der Waals surface area contributed by atoms with Gasteiger partial charge in [-0.3, -0.25) is 4.79 Å². The predicted octanol–water partition coefficient (Wildman–Crippen LogP) is 1.99. The number of carbonyl (C=O) groups is 1. The van der Waals surface area contributed by atoms with Crippen molar-refractivity contribution in [2.75, 3.05) is 24.1 Å². The van der Waals surface area contributed by atoms with Gasteiger partial charge in [0, 0.05) is 17.9 Å². The summed E-state index contributed by atoms with van der Waals surface area (Å²) >= 11 is 0. The van der Waals surface area contributed by atoms with E-state index in [2.05, 4.69) is 10.6 Å². The summed E-state index contributed by atoms with van der Waals surface area (Å²) < 4.78 is 0. The van der Waals surface area contributed by atoms with Crippen LogP contribution in [0.3, 0.4) is 0 Å². The maximum absolute atomic E-state index is 12.1. The molecule has 0 aromatic heterocycles. The highest BCUT2D eigenvalue weighted by molar-refractivity contribution is 5.92. The molecule has 1 aliphatic rings. The molecule has 4 nitrogen and oxygen atoms in total. The second-order valence-electron chi connectivity index (χ2n) is 4.86. The highest BCUT2D eigenvalue weighted by Crippen LogP contribution is 2.16. The first-order valence-corrected chi connectivity index (χ1v) is 6.63. The van der Waals surface area contributed by atoms with Crippen molar-refractivity contribution in [1.29, 1.82) is 0 Å². The number of hydrogen-bond acceptors (Lipinski definition) is 3. The van der Waals surface area contributed by atoms with E-state index in [1.807, 2.05) is 12.1 Å². The fourth-order valence-corrected chi connectivity index (χ4v) is 2.23. The summed E-state index contributed by atoms with van der Waals surface area (Å²) in [4.78, 5) is 12.1. The molecule has 0 aliphatic carbocycles. The number of nitrogens with one attached hydrogen (secondary N) is 2. The molecule has 1 atom stereocenters. The van der Waals surface area contributed by atoms with Crippen molar-refractivity contribution in [1.82, 2.24) is 5.32 Å². The third-order valence-electron chi connectivity index (χ3n) is 3.35. The zero-order valence-electron chi connectivity index (χ0n) is 10.6. The first kappa shape index (κ1) is 12.9. The van der Waals surface area contributed by atoms with Gasteiger partial charge in [0.05, 0.1) is 5.92 Å². The molecule has 4 heteroatoms. The number of nitrogen functional groups attached to an aromatic ring is 1. The van der Waals surface area contributed by atoms with Crippen molar-refractivity contribution in [2.45, 2.75) is 25.7 Å². The average molecular weight is 247 g/mol. The molecule has 1 unspecified atom stereocenters. The van der Waals surface area contributed by atoms with Crippen LogP contribution >= 0.6 is 0 Å². The minimum atomic E-state index is 0.0721. The van der Waals surface area contributed by atoms with Crippen molar-refractivity contribution >= 4 is 17.3 Å². The van der Waals surface area contributed by atoms with E-state index in [9.17, 15) is 4.79 Å². The fourth-order valence-electron chi connectivity index (χ4n) is 2.23. The lowest BCUT2D eigenvalue weighted by atomic mass is 9.98. The van der Waals surface area contributed by atoms with E-state index in [1.165, 1.54) is 12.8 Å². The first-order valence-electron chi connectivity index (χ1n) is 6.63. The molecule has 98 valence electrons. The summed E-state index contributed by atoms with van der Waals surface area (Å²) in [6.07, 6.45) is 4.53. The van der Waals surface area contributed by atoms with Gasteiger partial charge in [0.25, 0.3) is 0 Å². The van der Waals surface area contributed by atoms with Gasteiger partial charge in [-0.2, -0.15) is 0 Å². The normalized spacial score (nSPS) is 20.8. The number of carbonyl (C=O) groups excluding carboxylic acids is 1. The molecular formula is C14H21N3O. The summed E-state index contributed by atoms with van der Waals surface area (Å²) in [7, 11) is 0. The molecule has 1 saturated heterocycles. The van der Waals surface area contributed by atoms with Crippen molar-refractivity contribution in [3.8, 4) is 0 Å². The van der Waals surface area contributed by atoms with Crippen LogP contribution in [0.2, 0.25) is 0 Å². The van der Waals surface area contributed by atoms with Crippen LogP contribution in [0.15, 0.2) is 24.3 Å². The summed E-state index contributed by atoms with van der Waals surface area (Å²) in [5, 5.41) is 6.28. The van der Waals surface area contributed by atoms with Crippen molar-refractivity contribution in [3.63, 3.8) is 0 Å². The Hall–Kier alpha value is -1.55. The molecule has 1 aliphatic heterocycles. The van der Waals surface area contributed by atoms with Gasteiger partial charge in [0.2, 0.25) is 5.91 Å². The van der Waals surface area contributed by atoms with Crippen LogP contribution in [-0.2, 0) is 4.79 Å². The van der Waals surface area contributed by atoms with Crippen LogP contribution < -0.4 is 16.4 Å². The Labute approximate surface area is 108 Å². The molecule has 0 saturated carbocycles. The van der Waals surface area contributed by atoms with Crippen LogP contribution in [0.25, 0.3) is 0 Å². The molecular weight excluding hydrogens is 226 g/mol. The van der Waals surface area contributed by atoms with Crippen LogP contribution in [0.5, 0.6) is 0 Å². The third kappa shape index (κ3) is 3.74. The number of hydrogen-bond donors (Lipinski definition) is 3. The monoisotopic (exact) mass is 247 g/mol. The van der Waals surface area contributed by atoms with E-state index < -0.39 is 0 Å². The number of amides is 1. The van der Waals surface area contributed by atoms with Gasteiger partial charge >= 0.3 is 0 Å². The number of nitrogens with two attached hydrogens (primary N) is 1. The fraction of sp³-hybridized carbons (Fsp3) is 0.500. The zero-order chi connectivity index (χ0) is 12.8. The zero-order valence-corrected chi connectivity index (χ0v) is 10.6. The maximum atomic E-state index is 12.1. The molecule has 2 rings (SSSR count). The van der Waals surface area contributed by atoms with E-state index in [0.29, 0.717) is 5.69 Å². The largest absolute Gasteiger partial charge is 0.399 e. The smallest absolute Gasteiger partial charge is 0.228 e. The maximum Gasteiger partial charge on any atom is 0.228 e. The predicted molar refractivity (Wildman–Crippen MR) is 74.3 cm³/mol. The summed E-state index contributed by atoms with van der Waals surface area (Å²) in [5.74, 6) is 0.178. The molecule has 1 amide bonds. The highest BCUT2D eigenvalue weighted by Gasteiger charge is 2.19. The Kier molecular flexibility index (Phi) is 4.59. The van der Waals surface area contributed by atoms with Crippen LogP contribution in [-0.4, -0.2) is 19.0 Å². The number of benzene rings is 1. The van der Waals surface area contributed by atoms with Crippen molar-refractivity contribution in [2.24, 2.45) is 5.92 Å². The minimum absolute atomic E-state index is 0.0721. The van der Waals surface area contributed by atoms with E-state index >= 15 is 0 Å². The molecule has 0 bridgehead atoms. The average Bonchev–Trinajstić information content (AvgIpc) is 2.31. The van der Waals surface area contributed by atoms with Crippen molar-refractivity contribution in [3.05, 3.63) is 24.3 Å². The Balaban J connectivity index is 1.91. The molecule has 18 heavy (non-hydrogen) atoms. The molecule has 4 N–H and O–H groups in total. The topological polar surface area (TPSA) is 67.1 Å². The molecule has 1 heterocycles. The quantitative estimate of drug-likeness (QED) is 0.700. The van der Waals surface area contributed by atoms with E-state index in [1.54, 1.807) is 12.1 Å².